The van der Waals surface area contributed by atoms with Crippen LogP contribution >= 0.6 is 11.3 Å². The first-order valence-electron chi connectivity index (χ1n) is 11.9. The van der Waals surface area contributed by atoms with E-state index < -0.39 is 90.9 Å². The number of nitrogens with two attached hydrogens (primary N) is 1. The van der Waals surface area contributed by atoms with E-state index in [0.717, 1.165) is 6.07 Å². The number of carboxylic acid groups (broad SMARTS) is 1. The highest BCUT2D eigenvalue weighted by atomic mass is 32.2. The second kappa shape index (κ2) is 9.97. The van der Waals surface area contributed by atoms with Crippen LogP contribution in [0, 0.1) is 6.92 Å². The summed E-state index contributed by atoms with van der Waals surface area (Å²) in [6, 6.07) is 0.600. The summed E-state index contributed by atoms with van der Waals surface area (Å²) < 4.78 is 28.2. The summed E-state index contributed by atoms with van der Waals surface area (Å²) in [6.07, 6.45) is -0.784. The first kappa shape index (κ1) is 30.2. The lowest BCUT2D eigenvalue weighted by molar-refractivity contribution is -0.138. The van der Waals surface area contributed by atoms with Gasteiger partial charge in [0.15, 0.2) is 28.9 Å². The Labute approximate surface area is 241 Å². The van der Waals surface area contributed by atoms with Crippen LogP contribution in [0.25, 0.3) is 10.9 Å². The molecular weight excluding hydrogens is 598 g/mol. The quantitative estimate of drug-likeness (QED) is 0.0759. The third-order valence-electron chi connectivity index (χ3n) is 7.01. The Morgan fingerprint density at radius 2 is 1.55 bits per heavy atom. The fraction of sp³-hybridized carbons (Fsp3) is 0.240. The molecule has 0 aliphatic carbocycles. The normalized spacial score (nSPS) is 13.0. The van der Waals surface area contributed by atoms with Gasteiger partial charge in [0.1, 0.15) is 16.0 Å². The highest BCUT2D eigenvalue weighted by Gasteiger charge is 2.36. The van der Waals surface area contributed by atoms with E-state index >= 15 is 0 Å². The molecule has 2 aromatic carbocycles. The molecule has 0 spiro atoms. The summed E-state index contributed by atoms with van der Waals surface area (Å²) in [4.78, 5) is 14.6. The lowest BCUT2D eigenvalue weighted by Crippen LogP contribution is -2.42. The smallest absolute Gasteiger partial charge is 0.322 e. The molecule has 1 atom stereocenters. The zero-order valence-corrected chi connectivity index (χ0v) is 23.7. The molecule has 0 fully saturated rings. The van der Waals surface area contributed by atoms with Crippen molar-refractivity contribution in [3.8, 4) is 46.1 Å². The first-order valence-corrected chi connectivity index (χ1v) is 14.2. The monoisotopic (exact) mass is 625 g/mol. The number of nitrogens with one attached hydrogen (secondary N) is 2. The Morgan fingerprint density at radius 3 is 2.14 bits per heavy atom. The number of benzene rings is 2. The van der Waals surface area contributed by atoms with Gasteiger partial charge >= 0.3 is 5.97 Å². The number of H-pyrrole nitrogens is 1. The predicted molar refractivity (Wildman–Crippen MR) is 149 cm³/mol. The highest BCUT2D eigenvalue weighted by molar-refractivity contribution is 7.91. The first-order chi connectivity index (χ1) is 19.3. The van der Waals surface area contributed by atoms with Crippen molar-refractivity contribution in [2.24, 2.45) is 0 Å². The third-order valence-corrected chi connectivity index (χ3v) is 10.4. The molecule has 0 bridgehead atoms. The number of fused-ring (bicyclic) bond motifs is 1. The molecule has 2 aromatic heterocycles. The van der Waals surface area contributed by atoms with Crippen LogP contribution in [-0.4, -0.2) is 71.4 Å². The number of nitrogen functional groups attached to an aromatic ring is 1. The number of sulfonamides is 1. The van der Waals surface area contributed by atoms with E-state index in [9.17, 15) is 59.2 Å². The van der Waals surface area contributed by atoms with Crippen molar-refractivity contribution < 1.29 is 59.2 Å². The maximum absolute atomic E-state index is 13.3. The van der Waals surface area contributed by atoms with Crippen molar-refractivity contribution >= 4 is 43.9 Å². The second-order valence-electron chi connectivity index (χ2n) is 10.0. The zero-order valence-electron chi connectivity index (χ0n) is 22.1. The number of carbonyl (C=O) groups is 1. The van der Waals surface area contributed by atoms with Crippen LogP contribution in [0.15, 0.2) is 16.3 Å². The maximum atomic E-state index is 13.3. The number of phenolic OH excluding ortho intramolecular Hbond substituents is 7. The number of aromatic nitrogens is 1. The van der Waals surface area contributed by atoms with Crippen molar-refractivity contribution in [3.05, 3.63) is 33.7 Å². The van der Waals surface area contributed by atoms with E-state index in [2.05, 4.69) is 4.98 Å². The number of aromatic amines is 1. The van der Waals surface area contributed by atoms with Crippen LogP contribution in [0.2, 0.25) is 0 Å². The fourth-order valence-corrected chi connectivity index (χ4v) is 7.29. The molecule has 4 rings (SSSR count). The van der Waals surface area contributed by atoms with Gasteiger partial charge in [-0.2, -0.15) is 4.72 Å². The van der Waals surface area contributed by atoms with E-state index in [1.165, 1.54) is 13.0 Å². The van der Waals surface area contributed by atoms with Crippen molar-refractivity contribution in [1.29, 1.82) is 0 Å². The Morgan fingerprint density at radius 1 is 0.952 bits per heavy atom. The summed E-state index contributed by atoms with van der Waals surface area (Å²) >= 11 is 0.687. The molecule has 4 aromatic rings. The average Bonchev–Trinajstić information content (AvgIpc) is 3.55. The highest BCUT2D eigenvalue weighted by Crippen LogP contribution is 2.52. The summed E-state index contributed by atoms with van der Waals surface area (Å²) in [5.74, 6) is -8.34. The van der Waals surface area contributed by atoms with Crippen LogP contribution in [0.4, 0.5) is 5.69 Å². The minimum atomic E-state index is -4.57. The number of thiophene rings is 1. The van der Waals surface area contributed by atoms with Gasteiger partial charge in [-0.05, 0) is 19.1 Å². The zero-order chi connectivity index (χ0) is 31.6. The van der Waals surface area contributed by atoms with Gasteiger partial charge in [-0.15, -0.1) is 11.3 Å². The van der Waals surface area contributed by atoms with Gasteiger partial charge in [0, 0.05) is 33.4 Å². The molecule has 42 heavy (non-hydrogen) atoms. The van der Waals surface area contributed by atoms with Gasteiger partial charge < -0.3 is 56.7 Å². The summed E-state index contributed by atoms with van der Waals surface area (Å²) in [7, 11) is -4.57. The Kier molecular flexibility index (Phi) is 7.17. The van der Waals surface area contributed by atoms with Crippen LogP contribution < -0.4 is 10.5 Å². The minimum Gasteiger partial charge on any atom is -0.505 e. The number of aliphatic carboxylic acids is 1. The average molecular weight is 626 g/mol. The van der Waals surface area contributed by atoms with Crippen molar-refractivity contribution in [1.82, 2.24) is 9.71 Å². The number of aromatic hydroxyl groups is 8. The fourth-order valence-electron chi connectivity index (χ4n) is 4.67. The molecule has 0 aliphatic heterocycles. The number of hydrogen-bond donors (Lipinski definition) is 12. The number of carboxylic acids is 1. The summed E-state index contributed by atoms with van der Waals surface area (Å²) in [5.41, 5.74) is 3.57. The van der Waals surface area contributed by atoms with E-state index in [1.54, 1.807) is 13.8 Å². The molecule has 1 unspecified atom stereocenters. The molecule has 0 radical (unpaired) electrons. The Bertz CT molecular complexity index is 1850. The lowest BCUT2D eigenvalue weighted by Gasteiger charge is -2.28. The number of rotatable bonds is 8. The maximum Gasteiger partial charge on any atom is 0.322 e. The number of phenols is 7. The van der Waals surface area contributed by atoms with Crippen LogP contribution in [0.1, 0.15) is 35.4 Å². The van der Waals surface area contributed by atoms with Gasteiger partial charge in [-0.1, -0.05) is 13.8 Å². The molecule has 17 heteroatoms. The van der Waals surface area contributed by atoms with E-state index in [0.29, 0.717) is 16.2 Å². The largest absolute Gasteiger partial charge is 0.505 e. The predicted octanol–water partition coefficient (Wildman–Crippen LogP) is 2.06. The Balaban J connectivity index is 1.71. The van der Waals surface area contributed by atoms with Crippen molar-refractivity contribution in [3.63, 3.8) is 0 Å². The van der Waals surface area contributed by atoms with E-state index in [1.807, 2.05) is 4.72 Å². The molecular formula is C25H27N3O12S2. The van der Waals surface area contributed by atoms with Gasteiger partial charge in [0.25, 0.3) is 10.0 Å². The molecule has 0 saturated heterocycles. The van der Waals surface area contributed by atoms with E-state index in [4.69, 9.17) is 5.73 Å². The third kappa shape index (κ3) is 4.56. The van der Waals surface area contributed by atoms with E-state index in [-0.39, 0.29) is 26.6 Å². The van der Waals surface area contributed by atoms with Gasteiger partial charge in [-0.3, -0.25) is 4.79 Å². The van der Waals surface area contributed by atoms with Crippen molar-refractivity contribution in [2.75, 3.05) is 5.73 Å². The molecule has 15 nitrogen and oxygen atoms in total. The molecule has 2 heterocycles. The summed E-state index contributed by atoms with van der Waals surface area (Å²) in [5, 5.41) is 90.8. The standard InChI is InChI=1S/C25H27N3O12S2/c1-7-16(29)14(26)13(19(32)17(7)30)25(2,3)10-4-5-11(41-10)42(39,40)28-9(24(37)38)6-8-12-15(27-23(8)36)20(33)22(35)21(34)18(12)31/h4-5,9,27-36H,6,26H2,1-3H3,(H,37,38). The van der Waals surface area contributed by atoms with Gasteiger partial charge in [-0.25, -0.2) is 8.42 Å². The summed E-state index contributed by atoms with van der Waals surface area (Å²) in [6.45, 7) is 4.44. The molecule has 0 amide bonds. The van der Waals surface area contributed by atoms with Crippen LogP contribution in [0.5, 0.6) is 46.1 Å². The van der Waals surface area contributed by atoms with Crippen molar-refractivity contribution in [2.45, 2.75) is 42.9 Å². The molecule has 13 N–H and O–H groups in total. The van der Waals surface area contributed by atoms with Crippen LogP contribution in [0.3, 0.4) is 0 Å². The van der Waals surface area contributed by atoms with Gasteiger partial charge in [0.2, 0.25) is 11.5 Å². The van der Waals surface area contributed by atoms with Gasteiger partial charge in [0.05, 0.1) is 16.6 Å². The molecule has 226 valence electrons. The molecule has 0 saturated carbocycles. The number of anilines is 1. The minimum absolute atomic E-state index is 0.0558. The second-order valence-corrected chi connectivity index (χ2v) is 13.0. The number of hydrogen-bond acceptors (Lipinski definition) is 13. The lowest BCUT2D eigenvalue weighted by atomic mass is 9.80. The SMILES string of the molecule is Cc1c(O)c(N)c(C(C)(C)c2ccc(S(=O)(=O)NC(Cc3c(O)[nH]c4c(O)c(O)c(O)c(O)c34)C(=O)O)s2)c(O)c1O. The Hall–Kier alpha value is -4.74. The molecule has 0 aliphatic rings. The topological polar surface area (TPSA) is 287 Å². The van der Waals surface area contributed by atoms with Crippen LogP contribution in [-0.2, 0) is 26.7 Å².